The second-order valence-corrected chi connectivity index (χ2v) is 2.03. The van der Waals surface area contributed by atoms with Crippen molar-refractivity contribution in [2.45, 2.75) is 6.54 Å². The molecule has 0 heterocycles. The van der Waals surface area contributed by atoms with Crippen LogP contribution in [0.5, 0.6) is 0 Å². The number of rotatable bonds is 1. The van der Waals surface area contributed by atoms with Crippen molar-refractivity contribution in [3.63, 3.8) is 0 Å². The summed E-state index contributed by atoms with van der Waals surface area (Å²) < 4.78 is 37.0. The molecule has 0 aliphatic carbocycles. The average Bonchev–Trinajstić information content (AvgIpc) is 1.97. The Labute approximate surface area is 61.6 Å². The number of nitrogens with one attached hydrogen (secondary N) is 1. The molecule has 0 fully saturated rings. The van der Waals surface area contributed by atoms with Crippen molar-refractivity contribution in [1.29, 1.82) is 0 Å². The van der Waals surface area contributed by atoms with Gasteiger partial charge in [0.05, 0.1) is 0 Å². The molecule has 1 nitrogen and oxygen atoms in total. The van der Waals surface area contributed by atoms with Gasteiger partial charge in [0.15, 0.2) is 11.6 Å². The summed E-state index contributed by atoms with van der Waals surface area (Å²) in [6.45, 7) is -0.386. The third kappa shape index (κ3) is 1.51. The van der Waals surface area contributed by atoms with E-state index in [1.165, 1.54) is 0 Å². The van der Waals surface area contributed by atoms with Crippen molar-refractivity contribution in [3.8, 4) is 0 Å². The maximum Gasteiger partial charge on any atom is 0.161 e. The van der Waals surface area contributed by atoms with Crippen LogP contribution in [0.25, 0.3) is 0 Å². The van der Waals surface area contributed by atoms with Crippen LogP contribution in [0.15, 0.2) is 12.1 Å². The molecule has 1 rings (SSSR count). The highest BCUT2D eigenvalue weighted by Crippen LogP contribution is 2.12. The molecule has 0 unspecified atom stereocenters. The lowest BCUT2D eigenvalue weighted by molar-refractivity contribution is 0.490. The Kier molecular flexibility index (Phi) is 2.14. The molecule has 0 aliphatic heterocycles. The van der Waals surface area contributed by atoms with Gasteiger partial charge in [-0.25, -0.2) is 13.2 Å². The van der Waals surface area contributed by atoms with Crippen LogP contribution in [0.2, 0.25) is 0 Å². The molecule has 0 bridgehead atoms. The number of hydrogen-bond acceptors (Lipinski definition) is 0. The Bertz CT molecular complexity index is 273. The second-order valence-electron chi connectivity index (χ2n) is 2.03. The largest absolute Gasteiger partial charge is 0.253 e. The molecule has 0 aromatic heterocycles. The van der Waals surface area contributed by atoms with Crippen LogP contribution in [0.4, 0.5) is 13.2 Å². The summed E-state index contributed by atoms with van der Waals surface area (Å²) in [6.07, 6.45) is 0. The van der Waals surface area contributed by atoms with E-state index < -0.39 is 17.5 Å². The molecule has 0 atom stereocenters. The predicted molar refractivity (Wildman–Crippen MR) is 33.1 cm³/mol. The highest BCUT2D eigenvalue weighted by atomic mass is 19.2. The molecule has 0 spiro atoms. The van der Waals surface area contributed by atoms with Crippen LogP contribution in [0.3, 0.4) is 0 Å². The summed E-state index contributed by atoms with van der Waals surface area (Å²) in [4.78, 5) is 0. The minimum atomic E-state index is -1.22. The fourth-order valence-corrected chi connectivity index (χ4v) is 0.699. The highest BCUT2D eigenvalue weighted by molar-refractivity contribution is 5.19. The molecule has 0 amide bonds. The van der Waals surface area contributed by atoms with Crippen molar-refractivity contribution in [2.24, 2.45) is 0 Å². The zero-order chi connectivity index (χ0) is 8.43. The van der Waals surface area contributed by atoms with E-state index in [1.54, 1.807) is 0 Å². The van der Waals surface area contributed by atoms with Gasteiger partial charge >= 0.3 is 0 Å². The normalized spacial score (nSPS) is 10.2. The quantitative estimate of drug-likeness (QED) is 0.560. The maximum absolute atomic E-state index is 12.5. The molecule has 0 aliphatic rings. The molecule has 59 valence electrons. The first-order chi connectivity index (χ1) is 5.15. The lowest BCUT2D eigenvalue weighted by atomic mass is 10.2. The lowest BCUT2D eigenvalue weighted by Gasteiger charge is -1.98. The Morgan fingerprint density at radius 3 is 2.09 bits per heavy atom. The van der Waals surface area contributed by atoms with Gasteiger partial charge < -0.3 is 0 Å². The van der Waals surface area contributed by atoms with Crippen molar-refractivity contribution in [1.82, 2.24) is 5.73 Å². The Morgan fingerprint density at radius 1 is 1.00 bits per heavy atom. The summed E-state index contributed by atoms with van der Waals surface area (Å²) in [7, 11) is 0. The summed E-state index contributed by atoms with van der Waals surface area (Å²) >= 11 is 0. The average molecular weight is 160 g/mol. The standard InChI is InChI=1S/C7H5F3N/c8-5-2-7(10)6(9)1-4(5)3-11/h1-2,11H,3H2. The van der Waals surface area contributed by atoms with Crippen molar-refractivity contribution < 1.29 is 13.2 Å². The van der Waals surface area contributed by atoms with Crippen LogP contribution >= 0.6 is 0 Å². The summed E-state index contributed by atoms with van der Waals surface area (Å²) in [6, 6.07) is 1.14. The van der Waals surface area contributed by atoms with E-state index in [1.807, 2.05) is 0 Å². The molecule has 1 aromatic carbocycles. The predicted octanol–water partition coefficient (Wildman–Crippen LogP) is 1.89. The maximum atomic E-state index is 12.5. The van der Waals surface area contributed by atoms with E-state index in [0.717, 1.165) is 0 Å². The molecule has 0 saturated heterocycles. The molecular formula is C7H5F3N. The number of halogens is 3. The highest BCUT2D eigenvalue weighted by Gasteiger charge is 2.07. The Hall–Kier alpha value is -1.03. The lowest BCUT2D eigenvalue weighted by Crippen LogP contribution is -1.95. The van der Waals surface area contributed by atoms with Gasteiger partial charge in [-0.15, -0.1) is 0 Å². The number of hydrogen-bond donors (Lipinski definition) is 0. The molecule has 1 N–H and O–H groups in total. The fourth-order valence-electron chi connectivity index (χ4n) is 0.699. The van der Waals surface area contributed by atoms with Crippen LogP contribution in [-0.2, 0) is 6.54 Å². The smallest absolute Gasteiger partial charge is 0.161 e. The molecule has 1 radical (unpaired) electrons. The van der Waals surface area contributed by atoms with Gasteiger partial charge in [0.25, 0.3) is 0 Å². The van der Waals surface area contributed by atoms with Gasteiger partial charge in [-0.2, -0.15) is 0 Å². The van der Waals surface area contributed by atoms with E-state index in [2.05, 4.69) is 0 Å². The Balaban J connectivity index is 3.21. The topological polar surface area (TPSA) is 23.8 Å². The minimum absolute atomic E-state index is 0.135. The monoisotopic (exact) mass is 160 g/mol. The number of benzene rings is 1. The third-order valence-electron chi connectivity index (χ3n) is 1.28. The van der Waals surface area contributed by atoms with E-state index in [4.69, 9.17) is 5.73 Å². The fraction of sp³-hybridized carbons (Fsp3) is 0.143. The van der Waals surface area contributed by atoms with Crippen molar-refractivity contribution in [3.05, 3.63) is 35.1 Å². The van der Waals surface area contributed by atoms with Crippen LogP contribution < -0.4 is 5.73 Å². The first kappa shape index (κ1) is 8.07. The van der Waals surface area contributed by atoms with E-state index in [0.29, 0.717) is 12.1 Å². The van der Waals surface area contributed by atoms with Gasteiger partial charge in [-0.05, 0) is 6.07 Å². The van der Waals surface area contributed by atoms with E-state index in [-0.39, 0.29) is 12.1 Å². The van der Waals surface area contributed by atoms with Crippen LogP contribution in [0.1, 0.15) is 5.56 Å². The van der Waals surface area contributed by atoms with Gasteiger partial charge in [0.1, 0.15) is 5.82 Å². The molecule has 11 heavy (non-hydrogen) atoms. The van der Waals surface area contributed by atoms with Gasteiger partial charge in [0.2, 0.25) is 0 Å². The molecule has 0 saturated carbocycles. The van der Waals surface area contributed by atoms with Crippen LogP contribution in [0, 0.1) is 17.5 Å². The molecular weight excluding hydrogens is 155 g/mol. The second kappa shape index (κ2) is 2.92. The summed E-state index contributed by atoms with van der Waals surface area (Å²) in [5, 5.41) is 0. The van der Waals surface area contributed by atoms with E-state index >= 15 is 0 Å². The first-order valence-corrected chi connectivity index (χ1v) is 2.93. The zero-order valence-electron chi connectivity index (χ0n) is 5.50. The first-order valence-electron chi connectivity index (χ1n) is 2.93. The summed E-state index contributed by atoms with van der Waals surface area (Å²) in [5.41, 5.74) is 6.59. The van der Waals surface area contributed by atoms with E-state index in [9.17, 15) is 13.2 Å². The Morgan fingerprint density at radius 2 is 1.55 bits per heavy atom. The molecule has 4 heteroatoms. The van der Waals surface area contributed by atoms with Crippen LogP contribution in [-0.4, -0.2) is 0 Å². The minimum Gasteiger partial charge on any atom is -0.253 e. The van der Waals surface area contributed by atoms with Crippen molar-refractivity contribution >= 4 is 0 Å². The van der Waals surface area contributed by atoms with Gasteiger partial charge in [-0.3, -0.25) is 5.73 Å². The molecule has 1 aromatic rings. The summed E-state index contributed by atoms with van der Waals surface area (Å²) in [5.74, 6) is -3.22. The van der Waals surface area contributed by atoms with Gasteiger partial charge in [-0.1, -0.05) is 0 Å². The zero-order valence-corrected chi connectivity index (χ0v) is 5.50. The SMILES string of the molecule is [NH]Cc1cc(F)c(F)cc1F. The van der Waals surface area contributed by atoms with Crippen molar-refractivity contribution in [2.75, 3.05) is 0 Å². The van der Waals surface area contributed by atoms with Gasteiger partial charge in [0, 0.05) is 18.2 Å². The third-order valence-corrected chi connectivity index (χ3v) is 1.28.